The number of benzene rings is 3. The largest absolute Gasteiger partial charge is 0.376 e. The highest BCUT2D eigenvalue weighted by atomic mass is 16.2. The third-order valence-corrected chi connectivity index (χ3v) is 4.53. The molecule has 0 atom stereocenters. The van der Waals surface area contributed by atoms with Crippen LogP contribution in [0.1, 0.15) is 27.0 Å². The smallest absolute Gasteiger partial charge is 0.251 e. The van der Waals surface area contributed by atoms with E-state index >= 15 is 0 Å². The standard InChI is InChI=1S/C24H25N3O2/c1-17-11-12-22(18(2)13-17)27-23(28)16-25-21-10-6-9-20(14-21)24(29)26-15-19-7-4-3-5-8-19/h3-14,25H,15-16H2,1-2H3,(H,26,29)(H,27,28). The second-order valence-corrected chi connectivity index (χ2v) is 6.97. The number of carbonyl (C=O) groups is 2. The summed E-state index contributed by atoms with van der Waals surface area (Å²) in [5, 5.41) is 8.88. The van der Waals surface area contributed by atoms with Gasteiger partial charge in [0.05, 0.1) is 6.54 Å². The number of amides is 2. The maximum atomic E-state index is 12.4. The lowest BCUT2D eigenvalue weighted by Gasteiger charge is -2.11. The Balaban J connectivity index is 1.53. The Morgan fingerprint density at radius 1 is 0.862 bits per heavy atom. The number of hydrogen-bond acceptors (Lipinski definition) is 3. The third-order valence-electron chi connectivity index (χ3n) is 4.53. The van der Waals surface area contributed by atoms with Gasteiger partial charge in [0.2, 0.25) is 5.91 Å². The van der Waals surface area contributed by atoms with Gasteiger partial charge in [-0.05, 0) is 49.2 Å². The molecule has 0 bridgehead atoms. The first-order valence-electron chi connectivity index (χ1n) is 9.54. The Kier molecular flexibility index (Phi) is 6.63. The number of hydrogen-bond donors (Lipinski definition) is 3. The SMILES string of the molecule is Cc1ccc(NC(=O)CNc2cccc(C(=O)NCc3ccccc3)c2)c(C)c1. The van der Waals surface area contributed by atoms with Crippen LogP contribution in [0, 0.1) is 13.8 Å². The summed E-state index contributed by atoms with van der Waals surface area (Å²) in [5.74, 6) is -0.298. The zero-order chi connectivity index (χ0) is 20.6. The van der Waals surface area contributed by atoms with Gasteiger partial charge >= 0.3 is 0 Å². The molecule has 0 aliphatic carbocycles. The van der Waals surface area contributed by atoms with Crippen LogP contribution in [0.4, 0.5) is 11.4 Å². The molecule has 0 saturated heterocycles. The first-order valence-corrected chi connectivity index (χ1v) is 9.54. The average Bonchev–Trinajstić information content (AvgIpc) is 2.73. The lowest BCUT2D eigenvalue weighted by atomic mass is 10.1. The summed E-state index contributed by atoms with van der Waals surface area (Å²) in [6, 6.07) is 22.8. The van der Waals surface area contributed by atoms with Crippen LogP contribution in [-0.2, 0) is 11.3 Å². The van der Waals surface area contributed by atoms with E-state index in [2.05, 4.69) is 16.0 Å². The molecule has 0 saturated carbocycles. The van der Waals surface area contributed by atoms with Crippen LogP contribution in [0.25, 0.3) is 0 Å². The van der Waals surface area contributed by atoms with Gasteiger partial charge in [-0.3, -0.25) is 9.59 Å². The summed E-state index contributed by atoms with van der Waals surface area (Å²) in [4.78, 5) is 24.6. The zero-order valence-electron chi connectivity index (χ0n) is 16.7. The molecule has 0 spiro atoms. The second-order valence-electron chi connectivity index (χ2n) is 6.97. The molecule has 5 heteroatoms. The van der Waals surface area contributed by atoms with Crippen molar-refractivity contribution < 1.29 is 9.59 Å². The Hall–Kier alpha value is -3.60. The van der Waals surface area contributed by atoms with E-state index in [0.29, 0.717) is 17.8 Å². The van der Waals surface area contributed by atoms with E-state index in [4.69, 9.17) is 0 Å². The summed E-state index contributed by atoms with van der Waals surface area (Å²) in [6.45, 7) is 4.56. The second kappa shape index (κ2) is 9.55. The van der Waals surface area contributed by atoms with Gasteiger partial charge in [-0.25, -0.2) is 0 Å². The van der Waals surface area contributed by atoms with Gasteiger partial charge in [-0.15, -0.1) is 0 Å². The fraction of sp³-hybridized carbons (Fsp3) is 0.167. The topological polar surface area (TPSA) is 70.2 Å². The van der Waals surface area contributed by atoms with Crippen LogP contribution in [0.3, 0.4) is 0 Å². The Morgan fingerprint density at radius 2 is 1.66 bits per heavy atom. The molecule has 3 aromatic rings. The highest BCUT2D eigenvalue weighted by Crippen LogP contribution is 2.16. The van der Waals surface area contributed by atoms with Crippen molar-refractivity contribution in [3.05, 3.63) is 95.1 Å². The van der Waals surface area contributed by atoms with Crippen molar-refractivity contribution in [3.63, 3.8) is 0 Å². The minimum Gasteiger partial charge on any atom is -0.376 e. The van der Waals surface area contributed by atoms with Gasteiger partial charge in [0.1, 0.15) is 0 Å². The molecule has 0 heterocycles. The highest BCUT2D eigenvalue weighted by molar-refractivity contribution is 5.96. The van der Waals surface area contributed by atoms with Gasteiger partial charge in [-0.2, -0.15) is 0 Å². The van der Waals surface area contributed by atoms with Crippen molar-refractivity contribution in [1.29, 1.82) is 0 Å². The van der Waals surface area contributed by atoms with E-state index in [1.54, 1.807) is 18.2 Å². The predicted molar refractivity (Wildman–Crippen MR) is 117 cm³/mol. The number of carbonyl (C=O) groups excluding carboxylic acids is 2. The van der Waals surface area contributed by atoms with Crippen molar-refractivity contribution >= 4 is 23.2 Å². The molecule has 148 valence electrons. The van der Waals surface area contributed by atoms with E-state index in [0.717, 1.165) is 22.4 Å². The fourth-order valence-electron chi connectivity index (χ4n) is 2.98. The molecule has 0 aliphatic rings. The molecule has 0 unspecified atom stereocenters. The van der Waals surface area contributed by atoms with Crippen LogP contribution in [-0.4, -0.2) is 18.4 Å². The minimum absolute atomic E-state index is 0.113. The van der Waals surface area contributed by atoms with Crippen LogP contribution in [0.15, 0.2) is 72.8 Å². The molecule has 3 rings (SSSR count). The number of nitrogens with one attached hydrogen (secondary N) is 3. The van der Waals surface area contributed by atoms with Crippen LogP contribution < -0.4 is 16.0 Å². The molecule has 3 aromatic carbocycles. The van der Waals surface area contributed by atoms with Crippen molar-refractivity contribution in [3.8, 4) is 0 Å². The van der Waals surface area contributed by atoms with E-state index in [1.807, 2.05) is 68.4 Å². The minimum atomic E-state index is -0.155. The molecule has 0 aromatic heterocycles. The molecule has 0 radical (unpaired) electrons. The number of rotatable bonds is 7. The third kappa shape index (κ3) is 5.94. The summed E-state index contributed by atoms with van der Waals surface area (Å²) in [6.07, 6.45) is 0. The van der Waals surface area contributed by atoms with Crippen LogP contribution in [0.5, 0.6) is 0 Å². The molecule has 2 amide bonds. The summed E-state index contributed by atoms with van der Waals surface area (Å²) in [7, 11) is 0. The lowest BCUT2D eigenvalue weighted by molar-refractivity contribution is -0.114. The van der Waals surface area contributed by atoms with Crippen molar-refractivity contribution in [1.82, 2.24) is 5.32 Å². The van der Waals surface area contributed by atoms with Crippen LogP contribution >= 0.6 is 0 Å². The molecule has 0 aliphatic heterocycles. The Labute approximate surface area is 171 Å². The van der Waals surface area contributed by atoms with Gasteiger partial charge in [0.25, 0.3) is 5.91 Å². The quantitative estimate of drug-likeness (QED) is 0.567. The van der Waals surface area contributed by atoms with E-state index in [1.165, 1.54) is 0 Å². The van der Waals surface area contributed by atoms with Gasteiger partial charge < -0.3 is 16.0 Å². The van der Waals surface area contributed by atoms with Crippen molar-refractivity contribution in [2.45, 2.75) is 20.4 Å². The van der Waals surface area contributed by atoms with E-state index in [9.17, 15) is 9.59 Å². The molecular formula is C24H25N3O2. The highest BCUT2D eigenvalue weighted by Gasteiger charge is 2.08. The average molecular weight is 387 g/mol. The zero-order valence-corrected chi connectivity index (χ0v) is 16.7. The monoisotopic (exact) mass is 387 g/mol. The summed E-state index contributed by atoms with van der Waals surface area (Å²) < 4.78 is 0. The van der Waals surface area contributed by atoms with Gasteiger partial charge in [0.15, 0.2) is 0 Å². The summed E-state index contributed by atoms with van der Waals surface area (Å²) in [5.41, 5.74) is 5.28. The Bertz CT molecular complexity index is 1000. The first-order chi connectivity index (χ1) is 14.0. The normalized spacial score (nSPS) is 10.3. The summed E-state index contributed by atoms with van der Waals surface area (Å²) >= 11 is 0. The van der Waals surface area contributed by atoms with Gasteiger partial charge in [0, 0.05) is 23.5 Å². The molecular weight excluding hydrogens is 362 g/mol. The first kappa shape index (κ1) is 20.1. The fourth-order valence-corrected chi connectivity index (χ4v) is 2.98. The maximum Gasteiger partial charge on any atom is 0.251 e. The van der Waals surface area contributed by atoms with Crippen molar-refractivity contribution in [2.75, 3.05) is 17.2 Å². The lowest BCUT2D eigenvalue weighted by Crippen LogP contribution is -2.24. The molecule has 0 fully saturated rings. The number of aryl methyl sites for hydroxylation is 2. The maximum absolute atomic E-state index is 12.4. The number of anilines is 2. The van der Waals surface area contributed by atoms with Crippen LogP contribution in [0.2, 0.25) is 0 Å². The van der Waals surface area contributed by atoms with E-state index in [-0.39, 0.29) is 18.4 Å². The predicted octanol–water partition coefficient (Wildman–Crippen LogP) is 4.28. The molecule has 5 nitrogen and oxygen atoms in total. The van der Waals surface area contributed by atoms with Gasteiger partial charge in [-0.1, -0.05) is 54.1 Å². The molecule has 3 N–H and O–H groups in total. The molecule has 29 heavy (non-hydrogen) atoms. The Morgan fingerprint density at radius 3 is 2.41 bits per heavy atom. The van der Waals surface area contributed by atoms with E-state index < -0.39 is 0 Å². The van der Waals surface area contributed by atoms with Crippen molar-refractivity contribution in [2.24, 2.45) is 0 Å².